The lowest BCUT2D eigenvalue weighted by Crippen LogP contribution is -2.35. The Hall–Kier alpha value is -3.48. The molecule has 0 radical (unpaired) electrons. The van der Waals surface area contributed by atoms with Crippen LogP contribution in [0.4, 0.5) is 8.78 Å². The van der Waals surface area contributed by atoms with Crippen LogP contribution in [0, 0.1) is 30.4 Å². The highest BCUT2D eigenvalue weighted by atomic mass is 19.1. The Kier molecular flexibility index (Phi) is 5.25. The molecule has 3 aromatic rings. The van der Waals surface area contributed by atoms with Crippen LogP contribution in [0.25, 0.3) is 0 Å². The van der Waals surface area contributed by atoms with Gasteiger partial charge in [0.1, 0.15) is 17.4 Å². The minimum Gasteiger partial charge on any atom is -0.493 e. The van der Waals surface area contributed by atoms with E-state index < -0.39 is 5.82 Å². The van der Waals surface area contributed by atoms with E-state index >= 15 is 0 Å². The molecule has 0 saturated carbocycles. The molecule has 1 fully saturated rings. The second-order valence-corrected chi connectivity index (χ2v) is 8.25. The van der Waals surface area contributed by atoms with E-state index in [4.69, 9.17) is 9.47 Å². The molecule has 3 atom stereocenters. The number of benzene rings is 2. The summed E-state index contributed by atoms with van der Waals surface area (Å²) >= 11 is 0. The SMILES string of the molecule is Cc1cccc(OC[C@@H]2CN(C(=O)c3ccc(F)cc3)[C@H]3c4cc(F)ccc4OC[C@@H]23)n1. The van der Waals surface area contributed by atoms with Gasteiger partial charge in [-0.25, -0.2) is 13.8 Å². The van der Waals surface area contributed by atoms with Crippen molar-refractivity contribution in [3.05, 3.63) is 89.1 Å². The van der Waals surface area contributed by atoms with Gasteiger partial charge in [-0.2, -0.15) is 0 Å². The van der Waals surface area contributed by atoms with Crippen LogP contribution in [0.15, 0.2) is 60.7 Å². The molecule has 32 heavy (non-hydrogen) atoms. The maximum atomic E-state index is 14.1. The van der Waals surface area contributed by atoms with Crippen molar-refractivity contribution in [1.29, 1.82) is 0 Å². The van der Waals surface area contributed by atoms with E-state index in [0.29, 0.717) is 42.5 Å². The predicted molar refractivity (Wildman–Crippen MR) is 114 cm³/mol. The molecule has 1 amide bonds. The van der Waals surface area contributed by atoms with E-state index in [-0.39, 0.29) is 29.6 Å². The number of aryl methyl sites for hydroxylation is 1. The summed E-state index contributed by atoms with van der Waals surface area (Å²) in [6.07, 6.45) is 0. The predicted octanol–water partition coefficient (Wildman–Crippen LogP) is 4.57. The molecule has 1 saturated heterocycles. The monoisotopic (exact) mass is 436 g/mol. The molecule has 3 heterocycles. The van der Waals surface area contributed by atoms with E-state index in [1.54, 1.807) is 17.0 Å². The molecule has 0 aliphatic carbocycles. The highest BCUT2D eigenvalue weighted by molar-refractivity contribution is 5.94. The van der Waals surface area contributed by atoms with Gasteiger partial charge in [-0.15, -0.1) is 0 Å². The first-order chi connectivity index (χ1) is 15.5. The summed E-state index contributed by atoms with van der Waals surface area (Å²) in [5, 5.41) is 0. The number of ether oxygens (including phenoxy) is 2. The van der Waals surface area contributed by atoms with Crippen LogP contribution in [0.1, 0.15) is 27.7 Å². The van der Waals surface area contributed by atoms with Crippen LogP contribution in [-0.2, 0) is 0 Å². The van der Waals surface area contributed by atoms with Crippen molar-refractivity contribution in [2.75, 3.05) is 19.8 Å². The summed E-state index contributed by atoms with van der Waals surface area (Å²) in [6, 6.07) is 15.1. The van der Waals surface area contributed by atoms with E-state index in [2.05, 4.69) is 4.98 Å². The first-order valence-electron chi connectivity index (χ1n) is 10.5. The number of halogens is 2. The van der Waals surface area contributed by atoms with Gasteiger partial charge >= 0.3 is 0 Å². The normalized spacial score (nSPS) is 21.5. The van der Waals surface area contributed by atoms with E-state index in [1.165, 1.54) is 36.4 Å². The Morgan fingerprint density at radius 2 is 1.91 bits per heavy atom. The number of amides is 1. The van der Waals surface area contributed by atoms with Crippen molar-refractivity contribution in [2.24, 2.45) is 11.8 Å². The van der Waals surface area contributed by atoms with Gasteiger partial charge in [-0.05, 0) is 55.5 Å². The van der Waals surface area contributed by atoms with E-state index in [0.717, 1.165) is 5.69 Å². The standard InChI is InChI=1S/C25H22F2N2O3/c1-15-3-2-4-23(28-15)32-13-17-12-29(25(30)16-5-7-18(26)8-6-16)24-20-11-19(27)9-10-22(20)31-14-21(17)24/h2-11,17,21,24H,12-14H2,1H3/t17-,21-,24-/m0/s1. The number of aromatic nitrogens is 1. The summed E-state index contributed by atoms with van der Waals surface area (Å²) in [5.41, 5.74) is 1.88. The topological polar surface area (TPSA) is 51.7 Å². The van der Waals surface area contributed by atoms with Crippen molar-refractivity contribution in [3.8, 4) is 11.6 Å². The fourth-order valence-corrected chi connectivity index (χ4v) is 4.62. The fraction of sp³-hybridized carbons (Fsp3) is 0.280. The molecule has 5 rings (SSSR count). The number of rotatable bonds is 4. The van der Waals surface area contributed by atoms with Crippen LogP contribution in [0.2, 0.25) is 0 Å². The minimum atomic E-state index is -0.406. The zero-order chi connectivity index (χ0) is 22.2. The molecule has 7 heteroatoms. The van der Waals surface area contributed by atoms with Crippen LogP contribution in [0.3, 0.4) is 0 Å². The third-order valence-corrected chi connectivity index (χ3v) is 6.16. The number of nitrogens with zero attached hydrogens (tertiary/aromatic N) is 2. The molecule has 0 N–H and O–H groups in total. The van der Waals surface area contributed by atoms with Gasteiger partial charge < -0.3 is 14.4 Å². The summed E-state index contributed by atoms with van der Waals surface area (Å²) in [4.78, 5) is 19.5. The molecule has 0 bridgehead atoms. The van der Waals surface area contributed by atoms with Crippen molar-refractivity contribution in [1.82, 2.24) is 9.88 Å². The van der Waals surface area contributed by atoms with Gasteiger partial charge in [0.15, 0.2) is 0 Å². The van der Waals surface area contributed by atoms with Crippen LogP contribution in [0.5, 0.6) is 11.6 Å². The van der Waals surface area contributed by atoms with Crippen molar-refractivity contribution < 1.29 is 23.0 Å². The zero-order valence-corrected chi connectivity index (χ0v) is 17.5. The second-order valence-electron chi connectivity index (χ2n) is 8.25. The van der Waals surface area contributed by atoms with Gasteiger partial charge in [-0.1, -0.05) is 6.07 Å². The number of hydrogen-bond acceptors (Lipinski definition) is 4. The van der Waals surface area contributed by atoms with Crippen LogP contribution in [-0.4, -0.2) is 35.5 Å². The summed E-state index contributed by atoms with van der Waals surface area (Å²) in [7, 11) is 0. The molecule has 2 aromatic carbocycles. The molecular formula is C25H22F2N2O3. The van der Waals surface area contributed by atoms with Crippen LogP contribution >= 0.6 is 0 Å². The highest BCUT2D eigenvalue weighted by Gasteiger charge is 2.48. The molecule has 164 valence electrons. The summed E-state index contributed by atoms with van der Waals surface area (Å²) < 4.78 is 39.4. The number of fused-ring (bicyclic) bond motifs is 3. The lowest BCUT2D eigenvalue weighted by atomic mass is 9.85. The van der Waals surface area contributed by atoms with E-state index in [1.807, 2.05) is 19.1 Å². The Bertz CT molecular complexity index is 1150. The Labute approximate surface area is 184 Å². The van der Waals surface area contributed by atoms with Gasteiger partial charge in [-0.3, -0.25) is 4.79 Å². The Morgan fingerprint density at radius 3 is 2.69 bits per heavy atom. The average Bonchev–Trinajstić information content (AvgIpc) is 3.17. The number of carbonyl (C=O) groups is 1. The molecule has 2 aliphatic heterocycles. The second kappa shape index (κ2) is 8.22. The number of hydrogen-bond donors (Lipinski definition) is 0. The minimum absolute atomic E-state index is 0.0388. The van der Waals surface area contributed by atoms with Crippen molar-refractivity contribution in [2.45, 2.75) is 13.0 Å². The first-order valence-corrected chi connectivity index (χ1v) is 10.5. The number of pyridine rings is 1. The molecule has 2 aliphatic rings. The van der Waals surface area contributed by atoms with E-state index in [9.17, 15) is 13.6 Å². The zero-order valence-electron chi connectivity index (χ0n) is 17.5. The maximum Gasteiger partial charge on any atom is 0.254 e. The quantitative estimate of drug-likeness (QED) is 0.601. The highest BCUT2D eigenvalue weighted by Crippen LogP contribution is 2.48. The summed E-state index contributed by atoms with van der Waals surface area (Å²) in [5.74, 6) is -0.0310. The van der Waals surface area contributed by atoms with Gasteiger partial charge in [0.25, 0.3) is 5.91 Å². The molecule has 0 spiro atoms. The molecule has 5 nitrogen and oxygen atoms in total. The number of carbonyl (C=O) groups excluding carboxylic acids is 1. The fourth-order valence-electron chi connectivity index (χ4n) is 4.62. The lowest BCUT2D eigenvalue weighted by Gasteiger charge is -2.34. The average molecular weight is 436 g/mol. The van der Waals surface area contributed by atoms with Crippen molar-refractivity contribution in [3.63, 3.8) is 0 Å². The summed E-state index contributed by atoms with van der Waals surface area (Å²) in [6.45, 7) is 3.04. The maximum absolute atomic E-state index is 14.1. The third-order valence-electron chi connectivity index (χ3n) is 6.16. The first kappa shape index (κ1) is 20.4. The number of likely N-dealkylation sites (tertiary alicyclic amines) is 1. The molecule has 1 aromatic heterocycles. The lowest BCUT2D eigenvalue weighted by molar-refractivity contribution is 0.0674. The van der Waals surface area contributed by atoms with Crippen LogP contribution < -0.4 is 9.47 Å². The molecule has 0 unspecified atom stereocenters. The Morgan fingerprint density at radius 1 is 1.12 bits per heavy atom. The van der Waals surface area contributed by atoms with Gasteiger partial charge in [0, 0.05) is 41.3 Å². The van der Waals surface area contributed by atoms with Crippen molar-refractivity contribution >= 4 is 5.91 Å². The largest absolute Gasteiger partial charge is 0.493 e. The Balaban J connectivity index is 1.46. The van der Waals surface area contributed by atoms with Gasteiger partial charge in [0.05, 0.1) is 19.3 Å². The smallest absolute Gasteiger partial charge is 0.254 e. The molecular weight excluding hydrogens is 414 g/mol. The third kappa shape index (κ3) is 3.79. The van der Waals surface area contributed by atoms with Gasteiger partial charge in [0.2, 0.25) is 5.88 Å².